The molecule has 2 aromatic heterocycles. The minimum absolute atomic E-state index is 0.00488. The molecule has 5 nitrogen and oxygen atoms in total. The molecule has 1 aliphatic heterocycles. The van der Waals surface area contributed by atoms with Crippen LogP contribution in [0.1, 0.15) is 28.6 Å². The Kier molecular flexibility index (Phi) is 5.53. The van der Waals surface area contributed by atoms with Crippen LogP contribution in [0.15, 0.2) is 54.9 Å². The number of halogens is 1. The van der Waals surface area contributed by atoms with E-state index in [-0.39, 0.29) is 6.10 Å². The summed E-state index contributed by atoms with van der Waals surface area (Å²) in [6, 6.07) is 14.1. The molecule has 0 unspecified atom stereocenters. The van der Waals surface area contributed by atoms with E-state index in [0.29, 0.717) is 6.61 Å². The molecule has 1 saturated heterocycles. The van der Waals surface area contributed by atoms with Gasteiger partial charge in [0.25, 0.3) is 0 Å². The number of benzene rings is 1. The lowest BCUT2D eigenvalue weighted by atomic mass is 10.1. The minimum Gasteiger partial charge on any atom is -0.369 e. The van der Waals surface area contributed by atoms with Crippen LogP contribution < -0.4 is 0 Å². The summed E-state index contributed by atoms with van der Waals surface area (Å²) in [6.07, 6.45) is 4.75. The number of hydrogen-bond acceptors (Lipinski definition) is 4. The molecular formula is C21H23ClN4O. The molecule has 1 fully saturated rings. The first kappa shape index (κ1) is 18.2. The van der Waals surface area contributed by atoms with Gasteiger partial charge in [-0.3, -0.25) is 14.6 Å². The molecular weight excluding hydrogens is 360 g/mol. The van der Waals surface area contributed by atoms with Crippen LogP contribution in [0.4, 0.5) is 0 Å². The molecule has 0 saturated carbocycles. The maximum atomic E-state index is 6.10. The summed E-state index contributed by atoms with van der Waals surface area (Å²) in [5.41, 5.74) is 4.41. The summed E-state index contributed by atoms with van der Waals surface area (Å²) in [5.74, 6) is 0. The van der Waals surface area contributed by atoms with E-state index in [1.54, 1.807) is 0 Å². The second kappa shape index (κ2) is 8.21. The first-order valence-electron chi connectivity index (χ1n) is 9.17. The van der Waals surface area contributed by atoms with Crippen molar-refractivity contribution in [3.8, 4) is 0 Å². The molecule has 1 aliphatic rings. The first-order chi connectivity index (χ1) is 13.2. The van der Waals surface area contributed by atoms with E-state index in [0.717, 1.165) is 48.0 Å². The van der Waals surface area contributed by atoms with Crippen LogP contribution in [0.5, 0.6) is 0 Å². The second-order valence-electron chi connectivity index (χ2n) is 6.98. The summed E-state index contributed by atoms with van der Waals surface area (Å²) >= 11 is 6.10. The van der Waals surface area contributed by atoms with Crippen molar-refractivity contribution in [2.45, 2.75) is 19.1 Å². The first-order valence-corrected chi connectivity index (χ1v) is 9.55. The van der Waals surface area contributed by atoms with Gasteiger partial charge in [-0.05, 0) is 29.8 Å². The van der Waals surface area contributed by atoms with Gasteiger partial charge in [-0.15, -0.1) is 0 Å². The maximum Gasteiger partial charge on any atom is 0.112 e. The van der Waals surface area contributed by atoms with Gasteiger partial charge in [0.2, 0.25) is 0 Å². The van der Waals surface area contributed by atoms with E-state index in [1.807, 2.05) is 36.1 Å². The summed E-state index contributed by atoms with van der Waals surface area (Å²) in [5, 5.41) is 5.01. The van der Waals surface area contributed by atoms with Crippen molar-refractivity contribution in [1.82, 2.24) is 19.7 Å². The molecule has 3 aromatic rings. The van der Waals surface area contributed by atoms with Crippen molar-refractivity contribution in [3.05, 3.63) is 82.4 Å². The Bertz CT molecular complexity index is 910. The Balaban J connectivity index is 1.44. The fourth-order valence-corrected chi connectivity index (χ4v) is 3.68. The molecule has 3 heterocycles. The van der Waals surface area contributed by atoms with Gasteiger partial charge in [0.05, 0.1) is 18.5 Å². The third-order valence-corrected chi connectivity index (χ3v) is 4.98. The molecule has 0 bridgehead atoms. The third-order valence-electron chi connectivity index (χ3n) is 4.75. The van der Waals surface area contributed by atoms with Gasteiger partial charge >= 0.3 is 0 Å². The van der Waals surface area contributed by atoms with E-state index in [9.17, 15) is 0 Å². The number of nitrogens with zero attached hydrogens (tertiary/aromatic N) is 4. The Morgan fingerprint density at radius 3 is 2.89 bits per heavy atom. The average molecular weight is 383 g/mol. The highest BCUT2D eigenvalue weighted by Crippen LogP contribution is 2.23. The topological polar surface area (TPSA) is 43.2 Å². The predicted molar refractivity (Wildman–Crippen MR) is 106 cm³/mol. The summed E-state index contributed by atoms with van der Waals surface area (Å²) in [7, 11) is 1.95. The Hall–Kier alpha value is -2.21. The smallest absolute Gasteiger partial charge is 0.112 e. The van der Waals surface area contributed by atoms with E-state index < -0.39 is 0 Å². The number of aromatic nitrogens is 3. The molecule has 4 rings (SSSR count). The number of rotatable bonds is 5. The van der Waals surface area contributed by atoms with Crippen molar-refractivity contribution < 1.29 is 4.74 Å². The zero-order chi connectivity index (χ0) is 18.6. The van der Waals surface area contributed by atoms with Gasteiger partial charge in [0.15, 0.2) is 0 Å². The second-order valence-corrected chi connectivity index (χ2v) is 7.41. The van der Waals surface area contributed by atoms with Crippen LogP contribution >= 0.6 is 11.6 Å². The standard InChI is InChI=1S/C21H23ClN4O/c1-25-13-17(12-23-25)14-26-8-9-27-21(15-26)20-7-3-6-19(24-20)11-16-4-2-5-18(22)10-16/h2-7,10,12-13,21H,8-9,11,14-15H2,1H3/t21-/m1/s1. The van der Waals surface area contributed by atoms with Crippen LogP contribution in [-0.4, -0.2) is 39.4 Å². The largest absolute Gasteiger partial charge is 0.369 e. The Morgan fingerprint density at radius 2 is 2.07 bits per heavy atom. The van der Waals surface area contributed by atoms with Crippen LogP contribution in [0, 0.1) is 0 Å². The summed E-state index contributed by atoms with van der Waals surface area (Å²) in [6.45, 7) is 3.36. The lowest BCUT2D eigenvalue weighted by Crippen LogP contribution is -2.38. The highest BCUT2D eigenvalue weighted by atomic mass is 35.5. The fraction of sp³-hybridized carbons (Fsp3) is 0.333. The van der Waals surface area contributed by atoms with E-state index in [2.05, 4.69) is 40.5 Å². The van der Waals surface area contributed by atoms with Crippen LogP contribution in [0.2, 0.25) is 5.02 Å². The van der Waals surface area contributed by atoms with Crippen LogP contribution in [0.3, 0.4) is 0 Å². The molecule has 140 valence electrons. The molecule has 0 aliphatic carbocycles. The molecule has 0 N–H and O–H groups in total. The van der Waals surface area contributed by atoms with Crippen LogP contribution in [-0.2, 0) is 24.8 Å². The number of pyridine rings is 1. The molecule has 0 spiro atoms. The van der Waals surface area contributed by atoms with E-state index in [1.165, 1.54) is 5.56 Å². The fourth-order valence-electron chi connectivity index (χ4n) is 3.47. The monoisotopic (exact) mass is 382 g/mol. The minimum atomic E-state index is -0.00488. The highest BCUT2D eigenvalue weighted by Gasteiger charge is 2.23. The van der Waals surface area contributed by atoms with Gasteiger partial charge in [-0.25, -0.2) is 0 Å². The normalized spacial score (nSPS) is 17.9. The van der Waals surface area contributed by atoms with Crippen molar-refractivity contribution in [3.63, 3.8) is 0 Å². The molecule has 0 radical (unpaired) electrons. The maximum absolute atomic E-state index is 6.10. The van der Waals surface area contributed by atoms with Crippen molar-refractivity contribution in [1.29, 1.82) is 0 Å². The Labute approximate surface area is 164 Å². The van der Waals surface area contributed by atoms with E-state index >= 15 is 0 Å². The SMILES string of the molecule is Cn1cc(CN2CCO[C@@H](c3cccc(Cc4cccc(Cl)c4)n3)C2)cn1. The quantitative estimate of drug-likeness (QED) is 0.675. The predicted octanol–water partition coefficient (Wildman–Crippen LogP) is 3.63. The van der Waals surface area contributed by atoms with Gasteiger partial charge in [-0.1, -0.05) is 29.8 Å². The third kappa shape index (κ3) is 4.75. The number of aryl methyl sites for hydroxylation is 1. The number of hydrogen-bond donors (Lipinski definition) is 0. The van der Waals surface area contributed by atoms with Gasteiger partial charge in [0, 0.05) is 55.6 Å². The van der Waals surface area contributed by atoms with Crippen LogP contribution in [0.25, 0.3) is 0 Å². The summed E-state index contributed by atoms with van der Waals surface area (Å²) < 4.78 is 7.86. The number of ether oxygens (including phenoxy) is 1. The van der Waals surface area contributed by atoms with Crippen molar-refractivity contribution >= 4 is 11.6 Å². The summed E-state index contributed by atoms with van der Waals surface area (Å²) in [4.78, 5) is 7.26. The molecule has 6 heteroatoms. The van der Waals surface area contributed by atoms with E-state index in [4.69, 9.17) is 21.3 Å². The lowest BCUT2D eigenvalue weighted by Gasteiger charge is -2.32. The highest BCUT2D eigenvalue weighted by molar-refractivity contribution is 6.30. The zero-order valence-corrected chi connectivity index (χ0v) is 16.1. The lowest BCUT2D eigenvalue weighted by molar-refractivity contribution is -0.0350. The molecule has 0 amide bonds. The number of morpholine rings is 1. The Morgan fingerprint density at radius 1 is 1.19 bits per heavy atom. The van der Waals surface area contributed by atoms with Gasteiger partial charge < -0.3 is 4.74 Å². The van der Waals surface area contributed by atoms with Crippen molar-refractivity contribution in [2.24, 2.45) is 7.05 Å². The average Bonchev–Trinajstić information content (AvgIpc) is 3.07. The van der Waals surface area contributed by atoms with Gasteiger partial charge in [-0.2, -0.15) is 5.10 Å². The molecule has 1 atom stereocenters. The zero-order valence-electron chi connectivity index (χ0n) is 15.4. The van der Waals surface area contributed by atoms with Crippen molar-refractivity contribution in [2.75, 3.05) is 19.7 Å². The molecule has 27 heavy (non-hydrogen) atoms. The van der Waals surface area contributed by atoms with Gasteiger partial charge in [0.1, 0.15) is 6.10 Å². The molecule has 1 aromatic carbocycles.